The highest BCUT2D eigenvalue weighted by Gasteiger charge is 2.66. The predicted octanol–water partition coefficient (Wildman–Crippen LogP) is 5.30. The monoisotopic (exact) mass is 545 g/mol. The van der Waals surface area contributed by atoms with Gasteiger partial charge in [-0.2, -0.15) is 0 Å². The van der Waals surface area contributed by atoms with Gasteiger partial charge in [0, 0.05) is 29.1 Å². The maximum absolute atomic E-state index is 15.7. The largest absolute Gasteiger partial charge is 0.501 e. The fourth-order valence-corrected chi connectivity index (χ4v) is 6.43. The molecule has 2 aromatic rings. The Bertz CT molecular complexity index is 1310. The Morgan fingerprint density at radius 1 is 1.24 bits per heavy atom. The van der Waals surface area contributed by atoms with Gasteiger partial charge in [-0.05, 0) is 47.2 Å². The Labute approximate surface area is 225 Å². The molecule has 2 aliphatic heterocycles. The van der Waals surface area contributed by atoms with Gasteiger partial charge in [0.1, 0.15) is 11.2 Å². The molecule has 1 aliphatic carbocycles. The molecule has 0 unspecified atom stereocenters. The van der Waals surface area contributed by atoms with Gasteiger partial charge in [-0.25, -0.2) is 4.39 Å². The quantitative estimate of drug-likeness (QED) is 0.476. The van der Waals surface area contributed by atoms with E-state index in [0.29, 0.717) is 29.1 Å². The molecule has 1 spiro atoms. The summed E-state index contributed by atoms with van der Waals surface area (Å²) in [5.74, 6) is -1.31. The summed E-state index contributed by atoms with van der Waals surface area (Å²) in [5.41, 5.74) is 0.00377. The fraction of sp³-hybridized carbons (Fsp3) is 0.429. The lowest BCUT2D eigenvalue weighted by molar-refractivity contribution is -0.124. The summed E-state index contributed by atoms with van der Waals surface area (Å²) in [5, 5.41) is 9.89. The second kappa shape index (κ2) is 9.29. The van der Waals surface area contributed by atoms with Crippen molar-refractivity contribution < 1.29 is 18.7 Å². The Balaban J connectivity index is 1.69. The summed E-state index contributed by atoms with van der Waals surface area (Å²) in [4.78, 5) is 27.9. The minimum atomic E-state index is -1.27. The highest BCUT2D eigenvalue weighted by atomic mass is 35.5. The molecule has 6 nitrogen and oxygen atoms in total. The zero-order valence-electron chi connectivity index (χ0n) is 21.1. The number of rotatable bonds is 5. The van der Waals surface area contributed by atoms with Crippen molar-refractivity contribution >= 4 is 40.7 Å². The highest BCUT2D eigenvalue weighted by molar-refractivity contribution is 6.31. The molecular weight excluding hydrogens is 516 g/mol. The van der Waals surface area contributed by atoms with Crippen molar-refractivity contribution in [1.82, 2.24) is 10.6 Å². The van der Waals surface area contributed by atoms with Crippen LogP contribution in [-0.2, 0) is 19.7 Å². The lowest BCUT2D eigenvalue weighted by Gasteiger charge is -2.38. The molecule has 0 saturated carbocycles. The Kier molecular flexibility index (Phi) is 6.54. The van der Waals surface area contributed by atoms with Crippen molar-refractivity contribution in [3.8, 4) is 0 Å². The molecule has 3 N–H and O–H groups in total. The maximum atomic E-state index is 15.7. The number of carbonyl (C=O) groups excluding carboxylic acids is 2. The van der Waals surface area contributed by atoms with Crippen molar-refractivity contribution in [2.75, 3.05) is 12.4 Å². The molecule has 2 amide bonds. The van der Waals surface area contributed by atoms with E-state index in [9.17, 15) is 9.59 Å². The number of halogens is 3. The molecule has 5 atom stereocenters. The number of methoxy groups -OCH3 is 1. The van der Waals surface area contributed by atoms with Crippen LogP contribution in [0.5, 0.6) is 0 Å². The van der Waals surface area contributed by atoms with E-state index in [1.807, 2.05) is 12.1 Å². The number of fused-ring (bicyclic) bond motifs is 2. The molecule has 0 radical (unpaired) electrons. The van der Waals surface area contributed by atoms with E-state index in [1.54, 1.807) is 31.4 Å². The van der Waals surface area contributed by atoms with Crippen LogP contribution in [0.1, 0.15) is 50.7 Å². The summed E-state index contributed by atoms with van der Waals surface area (Å²) in [6, 6.07) is 8.39. The van der Waals surface area contributed by atoms with E-state index in [4.69, 9.17) is 27.9 Å². The third-order valence-corrected chi connectivity index (χ3v) is 8.15. The van der Waals surface area contributed by atoms with Crippen LogP contribution in [0.4, 0.5) is 10.1 Å². The molecule has 37 heavy (non-hydrogen) atoms. The molecule has 2 aromatic carbocycles. The first kappa shape index (κ1) is 26.0. The molecule has 0 aromatic heterocycles. The van der Waals surface area contributed by atoms with E-state index in [1.165, 1.54) is 6.07 Å². The number of carbonyl (C=O) groups is 2. The minimum absolute atomic E-state index is 0.0625. The lowest BCUT2D eigenvalue weighted by Crippen LogP contribution is -2.50. The van der Waals surface area contributed by atoms with Crippen LogP contribution in [0.15, 0.2) is 48.2 Å². The number of hydrogen-bond acceptors (Lipinski definition) is 4. The average molecular weight is 546 g/mol. The van der Waals surface area contributed by atoms with E-state index < -0.39 is 29.2 Å². The van der Waals surface area contributed by atoms with Gasteiger partial charge in [-0.15, -0.1) is 0 Å². The number of amides is 2. The highest BCUT2D eigenvalue weighted by Crippen LogP contribution is 2.57. The van der Waals surface area contributed by atoms with Crippen LogP contribution < -0.4 is 16.0 Å². The molecule has 5 rings (SSSR count). The second-order valence-corrected chi connectivity index (χ2v) is 12.1. The maximum Gasteiger partial charge on any atom is 0.238 e. The Hall–Kier alpha value is -2.61. The van der Waals surface area contributed by atoms with Crippen molar-refractivity contribution in [1.29, 1.82) is 0 Å². The SMILES string of the molecule is COC1=C[C@H](NC(=O)[C@@H]2N[C@H](CC(C)(C)C)[C@]3(C(=O)Nc4cc(Cl)ccc43)[C@H]2c2cccc(Cl)c2F)C1. The van der Waals surface area contributed by atoms with Gasteiger partial charge in [0.15, 0.2) is 0 Å². The van der Waals surface area contributed by atoms with Gasteiger partial charge in [-0.1, -0.05) is 62.2 Å². The smallest absolute Gasteiger partial charge is 0.238 e. The van der Waals surface area contributed by atoms with Crippen LogP contribution >= 0.6 is 23.2 Å². The van der Waals surface area contributed by atoms with Crippen molar-refractivity contribution in [2.45, 2.75) is 63.1 Å². The van der Waals surface area contributed by atoms with Crippen molar-refractivity contribution in [3.05, 3.63) is 75.2 Å². The number of nitrogens with one attached hydrogen (secondary N) is 3. The first-order chi connectivity index (χ1) is 17.5. The molecule has 3 aliphatic rings. The topological polar surface area (TPSA) is 79.5 Å². The minimum Gasteiger partial charge on any atom is -0.501 e. The molecule has 1 fully saturated rings. The average Bonchev–Trinajstić information content (AvgIpc) is 3.26. The van der Waals surface area contributed by atoms with E-state index in [-0.39, 0.29) is 33.9 Å². The molecule has 9 heteroatoms. The van der Waals surface area contributed by atoms with Crippen molar-refractivity contribution in [2.24, 2.45) is 5.41 Å². The van der Waals surface area contributed by atoms with Crippen LogP contribution in [0.3, 0.4) is 0 Å². The molecule has 1 saturated heterocycles. The summed E-state index contributed by atoms with van der Waals surface area (Å²) >= 11 is 12.5. The normalized spacial score (nSPS) is 28.4. The number of anilines is 1. The van der Waals surface area contributed by atoms with Crippen LogP contribution in [0.2, 0.25) is 10.0 Å². The van der Waals surface area contributed by atoms with E-state index >= 15 is 4.39 Å². The van der Waals surface area contributed by atoms with Gasteiger partial charge in [-0.3, -0.25) is 9.59 Å². The van der Waals surface area contributed by atoms with Crippen LogP contribution in [0, 0.1) is 11.2 Å². The van der Waals surface area contributed by atoms with Gasteiger partial charge in [0.25, 0.3) is 0 Å². The van der Waals surface area contributed by atoms with E-state index in [0.717, 1.165) is 5.76 Å². The number of benzene rings is 2. The summed E-state index contributed by atoms with van der Waals surface area (Å²) in [6.07, 6.45) is 2.97. The van der Waals surface area contributed by atoms with Gasteiger partial charge in [0.2, 0.25) is 11.8 Å². The van der Waals surface area contributed by atoms with Gasteiger partial charge < -0.3 is 20.7 Å². The Morgan fingerprint density at radius 3 is 2.65 bits per heavy atom. The number of ether oxygens (including phenoxy) is 1. The number of hydrogen-bond donors (Lipinski definition) is 3. The van der Waals surface area contributed by atoms with Gasteiger partial charge >= 0.3 is 0 Å². The van der Waals surface area contributed by atoms with Gasteiger partial charge in [0.05, 0.1) is 30.0 Å². The lowest BCUT2D eigenvalue weighted by atomic mass is 9.62. The molecule has 2 heterocycles. The van der Waals surface area contributed by atoms with E-state index in [2.05, 4.69) is 36.7 Å². The molecular formula is C28H30Cl2FN3O3. The third kappa shape index (κ3) is 4.31. The predicted molar refractivity (Wildman–Crippen MR) is 142 cm³/mol. The first-order valence-electron chi connectivity index (χ1n) is 12.3. The zero-order chi connectivity index (χ0) is 26.7. The molecule has 196 valence electrons. The van der Waals surface area contributed by atoms with Crippen LogP contribution in [-0.4, -0.2) is 37.0 Å². The summed E-state index contributed by atoms with van der Waals surface area (Å²) in [6.45, 7) is 6.23. The first-order valence-corrected chi connectivity index (χ1v) is 13.1. The standard InChI is InChI=1S/C28H30Cl2FN3O3/c1-27(2,3)13-21-28(18-9-8-14(29)10-20(18)33-26(28)36)22(17-6-5-7-19(30)23(17)31)24(34-21)25(35)32-15-11-16(12-15)37-4/h5-11,15,21-22,24,34H,12-13H2,1-4H3,(H,32,35)(H,33,36)/t15-,21+,22-,24+,28-/m0/s1. The Morgan fingerprint density at radius 2 is 1.97 bits per heavy atom. The molecule has 0 bridgehead atoms. The zero-order valence-corrected chi connectivity index (χ0v) is 22.6. The fourth-order valence-electron chi connectivity index (χ4n) is 6.08. The van der Waals surface area contributed by atoms with Crippen molar-refractivity contribution in [3.63, 3.8) is 0 Å². The second-order valence-electron chi connectivity index (χ2n) is 11.3. The summed E-state index contributed by atoms with van der Waals surface area (Å²) in [7, 11) is 1.59. The van der Waals surface area contributed by atoms with Crippen LogP contribution in [0.25, 0.3) is 0 Å². The summed E-state index contributed by atoms with van der Waals surface area (Å²) < 4.78 is 20.9. The third-order valence-electron chi connectivity index (χ3n) is 7.62.